The molecule has 0 aliphatic rings. The fourth-order valence-electron chi connectivity index (χ4n) is 1.82. The molecule has 2 aromatic rings. The summed E-state index contributed by atoms with van der Waals surface area (Å²) in [6.45, 7) is 2.27. The molecule has 0 bridgehead atoms. The second kappa shape index (κ2) is 6.01. The van der Waals surface area contributed by atoms with Crippen LogP contribution in [0.25, 0.3) is 0 Å². The zero-order valence-corrected chi connectivity index (χ0v) is 11.0. The van der Waals surface area contributed by atoms with Crippen molar-refractivity contribution in [2.24, 2.45) is 0 Å². The zero-order chi connectivity index (χ0) is 14.5. The van der Waals surface area contributed by atoms with E-state index >= 15 is 0 Å². The normalized spacial score (nSPS) is 10.2. The van der Waals surface area contributed by atoms with Gasteiger partial charge in [0, 0.05) is 17.8 Å². The second-order valence-electron chi connectivity index (χ2n) is 4.26. The van der Waals surface area contributed by atoms with E-state index in [-0.39, 0.29) is 23.6 Å². The highest BCUT2D eigenvalue weighted by Gasteiger charge is 2.13. The Morgan fingerprint density at radius 1 is 1.25 bits per heavy atom. The van der Waals surface area contributed by atoms with Gasteiger partial charge >= 0.3 is 5.69 Å². The van der Waals surface area contributed by atoms with E-state index in [4.69, 9.17) is 4.74 Å². The Balaban J connectivity index is 2.05. The number of hydrogen-bond acceptors (Lipinski definition) is 4. The van der Waals surface area contributed by atoms with Crippen LogP contribution < -0.4 is 10.3 Å². The molecular weight excluding hydrogens is 260 g/mol. The number of para-hydroxylation sites is 2. The third kappa shape index (κ3) is 3.03. The molecular formula is C14H14N2O4. The molecule has 1 aromatic carbocycles. The van der Waals surface area contributed by atoms with Crippen molar-refractivity contribution >= 4 is 5.69 Å². The molecule has 20 heavy (non-hydrogen) atoms. The molecule has 0 unspecified atom stereocenters. The lowest BCUT2D eigenvalue weighted by Crippen LogP contribution is -2.24. The zero-order valence-electron chi connectivity index (χ0n) is 11.0. The number of nitro groups is 1. The van der Waals surface area contributed by atoms with Crippen LogP contribution in [0.4, 0.5) is 5.69 Å². The number of rotatable bonds is 5. The summed E-state index contributed by atoms with van der Waals surface area (Å²) in [4.78, 5) is 22.1. The molecule has 0 spiro atoms. The third-order valence-corrected chi connectivity index (χ3v) is 2.86. The number of nitrogens with zero attached hydrogens (tertiary/aromatic N) is 2. The largest absolute Gasteiger partial charge is 0.485 e. The maximum Gasteiger partial charge on any atom is 0.310 e. The molecule has 6 heteroatoms. The summed E-state index contributed by atoms with van der Waals surface area (Å²) in [7, 11) is 0. The van der Waals surface area contributed by atoms with E-state index in [1.165, 1.54) is 16.7 Å². The van der Waals surface area contributed by atoms with Crippen LogP contribution in [0, 0.1) is 17.0 Å². The Bertz CT molecular complexity index is 679. The molecule has 0 aliphatic heterocycles. The topological polar surface area (TPSA) is 74.4 Å². The van der Waals surface area contributed by atoms with Gasteiger partial charge in [0.2, 0.25) is 0 Å². The summed E-state index contributed by atoms with van der Waals surface area (Å²) in [5, 5.41) is 10.8. The van der Waals surface area contributed by atoms with Crippen molar-refractivity contribution in [3.05, 3.63) is 68.6 Å². The van der Waals surface area contributed by atoms with Gasteiger partial charge in [-0.05, 0) is 19.1 Å². The molecule has 0 amide bonds. The minimum Gasteiger partial charge on any atom is -0.485 e. The Labute approximate surface area is 115 Å². The van der Waals surface area contributed by atoms with Crippen LogP contribution in [0.3, 0.4) is 0 Å². The SMILES string of the molecule is Cc1cccn(CCOc2ccccc2[N+](=O)[O-])c1=O. The maximum absolute atomic E-state index is 11.8. The van der Waals surface area contributed by atoms with Gasteiger partial charge in [0.25, 0.3) is 5.56 Å². The van der Waals surface area contributed by atoms with Crippen LogP contribution in [0.5, 0.6) is 5.75 Å². The number of ether oxygens (including phenoxy) is 1. The highest BCUT2D eigenvalue weighted by Crippen LogP contribution is 2.25. The lowest BCUT2D eigenvalue weighted by atomic mass is 10.3. The summed E-state index contributed by atoms with van der Waals surface area (Å²) < 4.78 is 6.91. The predicted molar refractivity (Wildman–Crippen MR) is 74.0 cm³/mol. The van der Waals surface area contributed by atoms with E-state index in [0.29, 0.717) is 12.1 Å². The quantitative estimate of drug-likeness (QED) is 0.618. The van der Waals surface area contributed by atoms with Gasteiger partial charge in [-0.15, -0.1) is 0 Å². The number of aromatic nitrogens is 1. The van der Waals surface area contributed by atoms with Gasteiger partial charge in [0.05, 0.1) is 11.5 Å². The molecule has 0 saturated carbocycles. The molecule has 0 radical (unpaired) electrons. The Hall–Kier alpha value is -2.63. The van der Waals surface area contributed by atoms with Crippen LogP contribution in [-0.4, -0.2) is 16.1 Å². The number of pyridine rings is 1. The Morgan fingerprint density at radius 2 is 2.00 bits per heavy atom. The van der Waals surface area contributed by atoms with Crippen LogP contribution in [0.1, 0.15) is 5.56 Å². The van der Waals surface area contributed by atoms with Gasteiger partial charge in [-0.2, -0.15) is 0 Å². The summed E-state index contributed by atoms with van der Waals surface area (Å²) in [6.07, 6.45) is 1.66. The van der Waals surface area contributed by atoms with Crippen LogP contribution in [0.2, 0.25) is 0 Å². The van der Waals surface area contributed by atoms with Gasteiger partial charge in [0.15, 0.2) is 5.75 Å². The molecule has 0 saturated heterocycles. The molecule has 0 atom stereocenters. The minimum absolute atomic E-state index is 0.0795. The first-order valence-corrected chi connectivity index (χ1v) is 6.12. The van der Waals surface area contributed by atoms with E-state index in [2.05, 4.69) is 0 Å². The third-order valence-electron chi connectivity index (χ3n) is 2.86. The van der Waals surface area contributed by atoms with E-state index in [9.17, 15) is 14.9 Å². The van der Waals surface area contributed by atoms with Gasteiger partial charge in [0.1, 0.15) is 6.61 Å². The average Bonchev–Trinajstić information content (AvgIpc) is 2.44. The fraction of sp³-hybridized carbons (Fsp3) is 0.214. The van der Waals surface area contributed by atoms with Gasteiger partial charge < -0.3 is 9.30 Å². The van der Waals surface area contributed by atoms with Crippen molar-refractivity contribution in [1.29, 1.82) is 0 Å². The molecule has 0 aliphatic carbocycles. The first kappa shape index (κ1) is 13.8. The van der Waals surface area contributed by atoms with Gasteiger partial charge in [-0.25, -0.2) is 0 Å². The molecule has 2 rings (SSSR count). The number of nitro benzene ring substituents is 1. The monoisotopic (exact) mass is 274 g/mol. The van der Waals surface area contributed by atoms with Crippen LogP contribution in [-0.2, 0) is 6.54 Å². The van der Waals surface area contributed by atoms with Crippen molar-refractivity contribution in [2.45, 2.75) is 13.5 Å². The summed E-state index contributed by atoms with van der Waals surface area (Å²) in [6, 6.07) is 9.69. The minimum atomic E-state index is -0.492. The van der Waals surface area contributed by atoms with E-state index < -0.39 is 4.92 Å². The lowest BCUT2D eigenvalue weighted by molar-refractivity contribution is -0.385. The van der Waals surface area contributed by atoms with Crippen molar-refractivity contribution in [2.75, 3.05) is 6.61 Å². The highest BCUT2D eigenvalue weighted by atomic mass is 16.6. The van der Waals surface area contributed by atoms with Crippen molar-refractivity contribution < 1.29 is 9.66 Å². The number of benzene rings is 1. The first-order valence-electron chi connectivity index (χ1n) is 6.12. The van der Waals surface area contributed by atoms with E-state index in [0.717, 1.165) is 0 Å². The van der Waals surface area contributed by atoms with Gasteiger partial charge in [-0.1, -0.05) is 18.2 Å². The summed E-state index contributed by atoms with van der Waals surface area (Å²) >= 11 is 0. The lowest BCUT2D eigenvalue weighted by Gasteiger charge is -2.08. The van der Waals surface area contributed by atoms with Crippen molar-refractivity contribution in [1.82, 2.24) is 4.57 Å². The summed E-state index contributed by atoms with van der Waals surface area (Å²) in [5.41, 5.74) is 0.487. The maximum atomic E-state index is 11.8. The summed E-state index contributed by atoms with van der Waals surface area (Å²) in [5.74, 6) is 0.207. The molecule has 104 valence electrons. The first-order chi connectivity index (χ1) is 9.59. The predicted octanol–water partition coefficient (Wildman–Crippen LogP) is 2.14. The standard InChI is InChI=1S/C14H14N2O4/c1-11-5-4-8-15(14(11)17)9-10-20-13-7-3-2-6-12(13)16(18)19/h2-8H,9-10H2,1H3. The van der Waals surface area contributed by atoms with E-state index in [1.54, 1.807) is 37.4 Å². The van der Waals surface area contributed by atoms with E-state index in [1.807, 2.05) is 0 Å². The second-order valence-corrected chi connectivity index (χ2v) is 4.26. The molecule has 1 heterocycles. The van der Waals surface area contributed by atoms with Crippen molar-refractivity contribution in [3.8, 4) is 5.75 Å². The smallest absolute Gasteiger partial charge is 0.310 e. The molecule has 0 fully saturated rings. The van der Waals surface area contributed by atoms with Crippen LogP contribution in [0.15, 0.2) is 47.4 Å². The highest BCUT2D eigenvalue weighted by molar-refractivity contribution is 5.45. The van der Waals surface area contributed by atoms with Crippen LogP contribution >= 0.6 is 0 Å². The number of aryl methyl sites for hydroxylation is 1. The molecule has 6 nitrogen and oxygen atoms in total. The fourth-order valence-corrected chi connectivity index (χ4v) is 1.82. The number of hydrogen-bond donors (Lipinski definition) is 0. The van der Waals surface area contributed by atoms with Crippen molar-refractivity contribution in [3.63, 3.8) is 0 Å². The Morgan fingerprint density at radius 3 is 2.75 bits per heavy atom. The molecule has 0 N–H and O–H groups in total. The average molecular weight is 274 g/mol. The van der Waals surface area contributed by atoms with Gasteiger partial charge in [-0.3, -0.25) is 14.9 Å². The Kier molecular flexibility index (Phi) is 4.14. The molecule has 1 aromatic heterocycles.